The summed E-state index contributed by atoms with van der Waals surface area (Å²) in [6.07, 6.45) is 0.860. The van der Waals surface area contributed by atoms with Gasteiger partial charge in [-0.25, -0.2) is 0 Å². The summed E-state index contributed by atoms with van der Waals surface area (Å²) in [5.74, 6) is 0. The standard InChI is InChI=1S/C12H16Cl3NO2/c1-17-5-6-18-4-2-3-16-12-10(14)7-9(13)8-11(12)15/h7-8,16H,2-6H2,1H3. The van der Waals surface area contributed by atoms with E-state index >= 15 is 0 Å². The van der Waals surface area contributed by atoms with Crippen molar-refractivity contribution in [3.8, 4) is 0 Å². The van der Waals surface area contributed by atoms with Crippen LogP contribution in [-0.4, -0.2) is 33.5 Å². The van der Waals surface area contributed by atoms with Gasteiger partial charge in [0, 0.05) is 25.3 Å². The molecule has 0 bridgehead atoms. The number of rotatable bonds is 8. The summed E-state index contributed by atoms with van der Waals surface area (Å²) in [5, 5.41) is 4.73. The van der Waals surface area contributed by atoms with E-state index in [9.17, 15) is 0 Å². The highest BCUT2D eigenvalue weighted by Gasteiger charge is 2.06. The lowest BCUT2D eigenvalue weighted by molar-refractivity contribution is 0.0705. The molecule has 0 amide bonds. The van der Waals surface area contributed by atoms with Gasteiger partial charge in [-0.2, -0.15) is 0 Å². The number of nitrogens with one attached hydrogen (secondary N) is 1. The summed E-state index contributed by atoms with van der Waals surface area (Å²) in [5.41, 5.74) is 0.708. The van der Waals surface area contributed by atoms with Crippen LogP contribution in [0.2, 0.25) is 15.1 Å². The summed E-state index contributed by atoms with van der Waals surface area (Å²) in [7, 11) is 1.65. The Bertz CT molecular complexity index is 351. The average molecular weight is 313 g/mol. The monoisotopic (exact) mass is 311 g/mol. The van der Waals surface area contributed by atoms with Crippen LogP contribution >= 0.6 is 34.8 Å². The van der Waals surface area contributed by atoms with Crippen LogP contribution in [0.4, 0.5) is 5.69 Å². The SMILES string of the molecule is COCCOCCCNc1c(Cl)cc(Cl)cc1Cl. The molecule has 0 aromatic heterocycles. The van der Waals surface area contributed by atoms with E-state index in [4.69, 9.17) is 44.3 Å². The maximum Gasteiger partial charge on any atom is 0.0720 e. The number of hydrogen-bond acceptors (Lipinski definition) is 3. The first-order valence-corrected chi connectivity index (χ1v) is 6.73. The molecule has 3 nitrogen and oxygen atoms in total. The zero-order valence-corrected chi connectivity index (χ0v) is 12.4. The first-order valence-electron chi connectivity index (χ1n) is 5.60. The molecule has 0 saturated carbocycles. The largest absolute Gasteiger partial charge is 0.383 e. The van der Waals surface area contributed by atoms with Crippen molar-refractivity contribution >= 4 is 40.5 Å². The molecule has 0 radical (unpaired) electrons. The quantitative estimate of drug-likeness (QED) is 0.733. The Balaban J connectivity index is 2.27. The molecule has 0 aliphatic heterocycles. The molecule has 18 heavy (non-hydrogen) atoms. The molecular weight excluding hydrogens is 296 g/mol. The van der Waals surface area contributed by atoms with Crippen molar-refractivity contribution < 1.29 is 9.47 Å². The smallest absolute Gasteiger partial charge is 0.0720 e. The van der Waals surface area contributed by atoms with Crippen LogP contribution in [0.15, 0.2) is 12.1 Å². The molecule has 1 aromatic carbocycles. The summed E-state index contributed by atoms with van der Waals surface area (Å²) in [6, 6.07) is 3.32. The topological polar surface area (TPSA) is 30.5 Å². The van der Waals surface area contributed by atoms with E-state index in [2.05, 4.69) is 5.32 Å². The molecule has 0 heterocycles. The van der Waals surface area contributed by atoms with E-state index in [0.717, 1.165) is 13.0 Å². The van der Waals surface area contributed by atoms with E-state index in [-0.39, 0.29) is 0 Å². The van der Waals surface area contributed by atoms with Gasteiger partial charge in [-0.3, -0.25) is 0 Å². The lowest BCUT2D eigenvalue weighted by Crippen LogP contribution is -2.08. The third kappa shape index (κ3) is 5.63. The minimum Gasteiger partial charge on any atom is -0.383 e. The second-order valence-corrected chi connectivity index (χ2v) is 4.88. The molecule has 0 saturated heterocycles. The molecule has 0 spiro atoms. The zero-order valence-electron chi connectivity index (χ0n) is 10.1. The molecule has 6 heteroatoms. The Kier molecular flexibility index (Phi) is 7.79. The second kappa shape index (κ2) is 8.83. The van der Waals surface area contributed by atoms with Crippen molar-refractivity contribution in [1.29, 1.82) is 0 Å². The van der Waals surface area contributed by atoms with Gasteiger partial charge in [0.25, 0.3) is 0 Å². The van der Waals surface area contributed by atoms with Gasteiger partial charge in [-0.1, -0.05) is 34.8 Å². The van der Waals surface area contributed by atoms with Crippen LogP contribution in [0.25, 0.3) is 0 Å². The number of anilines is 1. The van der Waals surface area contributed by atoms with Crippen molar-refractivity contribution in [1.82, 2.24) is 0 Å². The molecule has 1 N–H and O–H groups in total. The molecule has 0 atom stereocenters. The number of methoxy groups -OCH3 is 1. The maximum atomic E-state index is 6.04. The van der Waals surface area contributed by atoms with Crippen LogP contribution < -0.4 is 5.32 Å². The Morgan fingerprint density at radius 3 is 2.33 bits per heavy atom. The van der Waals surface area contributed by atoms with E-state index in [1.165, 1.54) is 0 Å². The molecule has 0 unspecified atom stereocenters. The van der Waals surface area contributed by atoms with E-state index in [1.807, 2.05) is 0 Å². The highest BCUT2D eigenvalue weighted by Crippen LogP contribution is 2.33. The highest BCUT2D eigenvalue weighted by atomic mass is 35.5. The Morgan fingerprint density at radius 1 is 1.06 bits per heavy atom. The number of hydrogen-bond donors (Lipinski definition) is 1. The fraction of sp³-hybridized carbons (Fsp3) is 0.500. The lowest BCUT2D eigenvalue weighted by atomic mass is 10.3. The normalized spacial score (nSPS) is 10.7. The number of benzene rings is 1. The van der Waals surface area contributed by atoms with Crippen LogP contribution in [0.1, 0.15) is 6.42 Å². The zero-order chi connectivity index (χ0) is 13.4. The summed E-state index contributed by atoms with van der Waals surface area (Å²) in [6.45, 7) is 2.62. The third-order valence-electron chi connectivity index (χ3n) is 2.21. The van der Waals surface area contributed by atoms with Gasteiger partial charge in [0.15, 0.2) is 0 Å². The summed E-state index contributed by atoms with van der Waals surface area (Å²) < 4.78 is 10.2. The molecular formula is C12H16Cl3NO2. The highest BCUT2D eigenvalue weighted by molar-refractivity contribution is 6.41. The predicted molar refractivity (Wildman–Crippen MR) is 77.3 cm³/mol. The van der Waals surface area contributed by atoms with Gasteiger partial charge < -0.3 is 14.8 Å². The number of halogens is 3. The minimum absolute atomic E-state index is 0.521. The first kappa shape index (κ1) is 15.9. The summed E-state index contributed by atoms with van der Waals surface area (Å²) in [4.78, 5) is 0. The first-order chi connectivity index (χ1) is 8.65. The lowest BCUT2D eigenvalue weighted by Gasteiger charge is -2.11. The van der Waals surface area contributed by atoms with Gasteiger partial charge in [0.05, 0.1) is 28.9 Å². The van der Waals surface area contributed by atoms with Crippen molar-refractivity contribution in [3.05, 3.63) is 27.2 Å². The van der Waals surface area contributed by atoms with Gasteiger partial charge in [0.1, 0.15) is 0 Å². The third-order valence-corrected chi connectivity index (χ3v) is 3.02. The number of ether oxygens (including phenoxy) is 2. The fourth-order valence-electron chi connectivity index (χ4n) is 1.34. The molecule has 0 aliphatic carbocycles. The molecule has 1 rings (SSSR count). The van der Waals surface area contributed by atoms with E-state index < -0.39 is 0 Å². The van der Waals surface area contributed by atoms with E-state index in [0.29, 0.717) is 40.6 Å². The summed E-state index contributed by atoms with van der Waals surface area (Å²) >= 11 is 17.9. The van der Waals surface area contributed by atoms with Gasteiger partial charge in [-0.15, -0.1) is 0 Å². The Hall–Kier alpha value is -0.190. The molecule has 102 valence electrons. The van der Waals surface area contributed by atoms with Crippen LogP contribution in [0, 0.1) is 0 Å². The van der Waals surface area contributed by atoms with Crippen LogP contribution in [-0.2, 0) is 9.47 Å². The Labute approximate surface area is 122 Å². The molecule has 0 fully saturated rings. The van der Waals surface area contributed by atoms with Crippen molar-refractivity contribution in [3.63, 3.8) is 0 Å². The predicted octanol–water partition coefficient (Wildman–Crippen LogP) is 4.11. The maximum absolute atomic E-state index is 6.04. The average Bonchev–Trinajstić information content (AvgIpc) is 2.30. The van der Waals surface area contributed by atoms with Crippen molar-refractivity contribution in [2.24, 2.45) is 0 Å². The van der Waals surface area contributed by atoms with Gasteiger partial charge >= 0.3 is 0 Å². The van der Waals surface area contributed by atoms with Crippen LogP contribution in [0.3, 0.4) is 0 Å². The van der Waals surface area contributed by atoms with Crippen molar-refractivity contribution in [2.75, 3.05) is 38.8 Å². The van der Waals surface area contributed by atoms with Crippen LogP contribution in [0.5, 0.6) is 0 Å². The van der Waals surface area contributed by atoms with Gasteiger partial charge in [0.2, 0.25) is 0 Å². The molecule has 1 aromatic rings. The second-order valence-electron chi connectivity index (χ2n) is 3.63. The Morgan fingerprint density at radius 2 is 1.72 bits per heavy atom. The van der Waals surface area contributed by atoms with Crippen molar-refractivity contribution in [2.45, 2.75) is 6.42 Å². The fourth-order valence-corrected chi connectivity index (χ4v) is 2.29. The van der Waals surface area contributed by atoms with E-state index in [1.54, 1.807) is 19.2 Å². The minimum atomic E-state index is 0.521. The molecule has 0 aliphatic rings. The van der Waals surface area contributed by atoms with Gasteiger partial charge in [-0.05, 0) is 18.6 Å².